The molecule has 0 nitrogen and oxygen atoms in total. The maximum Gasteiger partial charge on any atom is 0.618 e. The van der Waals surface area contributed by atoms with Crippen LogP contribution < -0.4 is 0 Å². The fraction of sp³-hybridized carbons (Fsp3) is 0.786. The monoisotopic (exact) mass is 289 g/mol. The standard InChI is InChI=1S/C14H27.2ClH.Mg/c1-3-5-7-9-11-13-14-12-10-8-6-4-2;;;/h5,7H,1,3-4,6,8-14H2,2H3;2*1H;/q;;;+2/p-2/b7-5-;;;. The maximum atomic E-state index is 4.90. The van der Waals surface area contributed by atoms with Crippen molar-refractivity contribution in [3.05, 3.63) is 19.1 Å². The van der Waals surface area contributed by atoms with E-state index >= 15 is 0 Å². The van der Waals surface area contributed by atoms with Gasteiger partial charge in [-0.2, -0.15) is 0 Å². The van der Waals surface area contributed by atoms with E-state index in [4.69, 9.17) is 18.1 Å². The van der Waals surface area contributed by atoms with E-state index in [1.165, 1.54) is 57.8 Å². The van der Waals surface area contributed by atoms with Crippen molar-refractivity contribution < 1.29 is 0 Å². The molecule has 0 rings (SSSR count). The van der Waals surface area contributed by atoms with Crippen molar-refractivity contribution in [2.45, 2.75) is 71.1 Å². The fourth-order valence-corrected chi connectivity index (χ4v) is 1.63. The highest BCUT2D eigenvalue weighted by Crippen LogP contribution is 2.09. The highest BCUT2D eigenvalue weighted by atomic mass is 35.6. The second-order valence-electron chi connectivity index (χ2n) is 4.12. The van der Waals surface area contributed by atoms with Crippen molar-refractivity contribution in [3.8, 4) is 0 Å². The van der Waals surface area contributed by atoms with Crippen LogP contribution in [0.2, 0.25) is 0 Å². The van der Waals surface area contributed by atoms with Crippen molar-refractivity contribution in [2.24, 2.45) is 0 Å². The van der Waals surface area contributed by atoms with E-state index in [-0.39, 0.29) is 0 Å². The van der Waals surface area contributed by atoms with E-state index < -0.39 is 18.2 Å². The van der Waals surface area contributed by atoms with E-state index in [1.54, 1.807) is 0 Å². The molecule has 0 aromatic rings. The minimum Gasteiger partial charge on any atom is -0.309 e. The van der Waals surface area contributed by atoms with Crippen LogP contribution in [0.4, 0.5) is 0 Å². The molecule has 0 aliphatic heterocycles. The van der Waals surface area contributed by atoms with Crippen LogP contribution in [0.15, 0.2) is 12.2 Å². The van der Waals surface area contributed by atoms with Crippen molar-refractivity contribution in [1.29, 1.82) is 0 Å². The number of allylic oxidation sites excluding steroid dienone is 2. The predicted molar refractivity (Wildman–Crippen MR) is 83.8 cm³/mol. The Labute approximate surface area is 126 Å². The number of halogens is 2. The van der Waals surface area contributed by atoms with Gasteiger partial charge in [-0.3, -0.25) is 0 Å². The van der Waals surface area contributed by atoms with Gasteiger partial charge in [0, 0.05) is 0 Å². The average molecular weight is 291 g/mol. The molecule has 3 heteroatoms. The molecule has 0 N–H and O–H groups in total. The molecular weight excluding hydrogens is 263 g/mol. The first-order valence-electron chi connectivity index (χ1n) is 6.89. The lowest BCUT2D eigenvalue weighted by atomic mass is 10.1. The third kappa shape index (κ3) is 26.6. The van der Waals surface area contributed by atoms with Crippen molar-refractivity contribution in [3.63, 3.8) is 0 Å². The zero-order valence-corrected chi connectivity index (χ0v) is 14.3. The Balaban J connectivity index is 0. The van der Waals surface area contributed by atoms with Gasteiger partial charge in [0.2, 0.25) is 0 Å². The second-order valence-corrected chi connectivity index (χ2v) is 6.75. The van der Waals surface area contributed by atoms with E-state index in [0.717, 1.165) is 6.42 Å². The van der Waals surface area contributed by atoms with Crippen molar-refractivity contribution in [1.82, 2.24) is 0 Å². The first kappa shape index (κ1) is 20.4. The lowest BCUT2D eigenvalue weighted by Gasteiger charge is -1.99. The molecule has 1 radical (unpaired) electrons. The topological polar surface area (TPSA) is 0 Å². The SMILES string of the molecule is [CH2]C/C=C\CCCCCCCCCC.[Cl][Mg][Cl]. The Hall–Kier alpha value is 1.09. The third-order valence-corrected chi connectivity index (χ3v) is 2.56. The quantitative estimate of drug-likeness (QED) is 0.252. The van der Waals surface area contributed by atoms with Gasteiger partial charge in [-0.25, -0.2) is 0 Å². The third-order valence-electron chi connectivity index (χ3n) is 2.56. The summed E-state index contributed by atoms with van der Waals surface area (Å²) in [7, 11) is 9.81. The summed E-state index contributed by atoms with van der Waals surface area (Å²) in [6.45, 7) is 6.05. The highest BCUT2D eigenvalue weighted by Gasteiger charge is 1.89. The summed E-state index contributed by atoms with van der Waals surface area (Å²) in [5.74, 6) is 0. The summed E-state index contributed by atoms with van der Waals surface area (Å²) in [5, 5.41) is 0. The zero-order chi connectivity index (χ0) is 13.2. The molecule has 0 aromatic carbocycles. The molecule has 0 spiro atoms. The van der Waals surface area contributed by atoms with Crippen LogP contribution >= 0.6 is 18.1 Å². The lowest BCUT2D eigenvalue weighted by Crippen LogP contribution is -1.79. The van der Waals surface area contributed by atoms with E-state index in [1.807, 2.05) is 0 Å². The van der Waals surface area contributed by atoms with Crippen LogP contribution in [0, 0.1) is 6.92 Å². The molecule has 0 bridgehead atoms. The molecule has 0 aromatic heterocycles. The predicted octanol–water partition coefficient (Wildman–Crippen LogP) is 6.30. The highest BCUT2D eigenvalue weighted by molar-refractivity contribution is 7.22. The Morgan fingerprint density at radius 1 is 0.882 bits per heavy atom. The van der Waals surface area contributed by atoms with Gasteiger partial charge < -0.3 is 18.1 Å². The second kappa shape index (κ2) is 22.3. The van der Waals surface area contributed by atoms with Crippen LogP contribution in [0.1, 0.15) is 71.1 Å². The van der Waals surface area contributed by atoms with Crippen LogP contribution in [0.25, 0.3) is 0 Å². The summed E-state index contributed by atoms with van der Waals surface area (Å²) in [5.41, 5.74) is 0. The van der Waals surface area contributed by atoms with Gasteiger partial charge >= 0.3 is 18.2 Å². The van der Waals surface area contributed by atoms with Crippen LogP contribution in [-0.2, 0) is 0 Å². The Kier molecular flexibility index (Phi) is 26.7. The normalized spacial score (nSPS) is 9.88. The summed E-state index contributed by atoms with van der Waals surface area (Å²) in [6.07, 6.45) is 18.0. The van der Waals surface area contributed by atoms with Gasteiger partial charge in [-0.05, 0) is 26.2 Å². The molecule has 0 saturated heterocycles. The molecule has 99 valence electrons. The summed E-state index contributed by atoms with van der Waals surface area (Å²) in [6, 6.07) is 0. The Morgan fingerprint density at radius 3 is 1.82 bits per heavy atom. The molecule has 0 saturated carbocycles. The maximum absolute atomic E-state index is 4.90. The first-order chi connectivity index (χ1) is 8.33. The molecule has 0 fully saturated rings. The average Bonchev–Trinajstić information content (AvgIpc) is 2.33. The number of unbranched alkanes of at least 4 members (excludes halogenated alkanes) is 8. The molecule has 17 heavy (non-hydrogen) atoms. The largest absolute Gasteiger partial charge is 0.618 e. The molecule has 0 aliphatic rings. The lowest BCUT2D eigenvalue weighted by molar-refractivity contribution is 0.577. The van der Waals surface area contributed by atoms with Crippen LogP contribution in [0.3, 0.4) is 0 Å². The van der Waals surface area contributed by atoms with Gasteiger partial charge in [0.25, 0.3) is 0 Å². The van der Waals surface area contributed by atoms with E-state index in [2.05, 4.69) is 26.0 Å². The van der Waals surface area contributed by atoms with Gasteiger partial charge in [-0.15, -0.1) is 0 Å². The number of rotatable bonds is 10. The summed E-state index contributed by atoms with van der Waals surface area (Å²) < 4.78 is 0. The minimum absolute atomic E-state index is 0.639. The molecule has 0 amide bonds. The van der Waals surface area contributed by atoms with E-state index in [9.17, 15) is 0 Å². The first-order valence-corrected chi connectivity index (χ1v) is 11.2. The smallest absolute Gasteiger partial charge is 0.309 e. The van der Waals surface area contributed by atoms with Crippen molar-refractivity contribution in [2.75, 3.05) is 0 Å². The van der Waals surface area contributed by atoms with E-state index in [0.29, 0.717) is 0 Å². The Morgan fingerprint density at radius 2 is 1.35 bits per heavy atom. The molecule has 0 aliphatic carbocycles. The van der Waals surface area contributed by atoms with Crippen molar-refractivity contribution >= 4 is 36.3 Å². The zero-order valence-electron chi connectivity index (χ0n) is 11.4. The van der Waals surface area contributed by atoms with Gasteiger partial charge in [0.15, 0.2) is 0 Å². The summed E-state index contributed by atoms with van der Waals surface area (Å²) >= 11 is -0.639. The molecule has 0 atom stereocenters. The fourth-order valence-electron chi connectivity index (χ4n) is 1.63. The van der Waals surface area contributed by atoms with Gasteiger partial charge in [-0.1, -0.05) is 64.0 Å². The Bertz CT molecular complexity index is 138. The van der Waals surface area contributed by atoms with Gasteiger partial charge in [0.1, 0.15) is 0 Å². The number of hydrogen-bond acceptors (Lipinski definition) is 0. The molecule has 0 heterocycles. The molecular formula is C14H27Cl2Mg. The van der Waals surface area contributed by atoms with Gasteiger partial charge in [0.05, 0.1) is 0 Å². The molecule has 0 unspecified atom stereocenters. The number of hydrogen-bond donors (Lipinski definition) is 0. The minimum atomic E-state index is -0.639. The van der Waals surface area contributed by atoms with Crippen LogP contribution in [0.5, 0.6) is 0 Å². The summed E-state index contributed by atoms with van der Waals surface area (Å²) in [4.78, 5) is 0. The van der Waals surface area contributed by atoms with Crippen LogP contribution in [-0.4, -0.2) is 18.2 Å².